The molecule has 7 nitrogen and oxygen atoms in total. The molecule has 0 aliphatic carbocycles. The average molecular weight is 242 g/mol. The van der Waals surface area contributed by atoms with Crippen LogP contribution >= 0.6 is 0 Å². The lowest BCUT2D eigenvalue weighted by atomic mass is 10.2. The van der Waals surface area contributed by atoms with Crippen molar-refractivity contribution in [2.75, 3.05) is 26.8 Å². The summed E-state index contributed by atoms with van der Waals surface area (Å²) >= 11 is 0. The zero-order chi connectivity index (χ0) is 12.8. The highest BCUT2D eigenvalue weighted by atomic mass is 16.6. The van der Waals surface area contributed by atoms with Crippen LogP contribution in [-0.2, 0) is 19.1 Å². The second kappa shape index (κ2) is 5.88. The summed E-state index contributed by atoms with van der Waals surface area (Å²) in [5.74, 6) is -1.03. The van der Waals surface area contributed by atoms with Gasteiger partial charge in [-0.2, -0.15) is 0 Å². The summed E-state index contributed by atoms with van der Waals surface area (Å²) in [6.07, 6.45) is 0.758. The molecule has 1 aliphatic heterocycles. The Morgan fingerprint density at radius 2 is 2.35 bits per heavy atom. The van der Waals surface area contributed by atoms with Crippen LogP contribution in [0.2, 0.25) is 0 Å². The first-order valence-electron chi connectivity index (χ1n) is 4.98. The Hall–Kier alpha value is -2.05. The van der Waals surface area contributed by atoms with Crippen molar-refractivity contribution < 1.29 is 23.9 Å². The predicted molar refractivity (Wildman–Crippen MR) is 57.1 cm³/mol. The largest absolute Gasteiger partial charge is 0.467 e. The number of amides is 2. The molecule has 1 aliphatic rings. The summed E-state index contributed by atoms with van der Waals surface area (Å²) in [5.41, 5.74) is 0. The van der Waals surface area contributed by atoms with E-state index in [4.69, 9.17) is 4.74 Å². The van der Waals surface area contributed by atoms with Crippen molar-refractivity contribution >= 4 is 18.0 Å². The molecule has 94 valence electrons. The van der Waals surface area contributed by atoms with Crippen molar-refractivity contribution in [3.05, 3.63) is 12.7 Å². The molecule has 1 saturated heterocycles. The van der Waals surface area contributed by atoms with Gasteiger partial charge in [-0.05, 0) is 0 Å². The van der Waals surface area contributed by atoms with Crippen LogP contribution in [0.1, 0.15) is 0 Å². The van der Waals surface area contributed by atoms with Crippen LogP contribution in [0.3, 0.4) is 0 Å². The normalized spacial score (nSPS) is 19.2. The van der Waals surface area contributed by atoms with E-state index in [1.165, 1.54) is 13.2 Å². The molecule has 0 bridgehead atoms. The second-order valence-corrected chi connectivity index (χ2v) is 3.39. The van der Waals surface area contributed by atoms with E-state index in [2.05, 4.69) is 16.6 Å². The summed E-state index contributed by atoms with van der Waals surface area (Å²) in [5, 5.41) is 2.42. The van der Waals surface area contributed by atoms with E-state index in [0.717, 1.165) is 4.90 Å². The Balaban J connectivity index is 2.61. The summed E-state index contributed by atoms with van der Waals surface area (Å²) in [6.45, 7) is 3.36. The molecular formula is C10H14N2O5. The molecule has 0 aromatic rings. The summed E-state index contributed by atoms with van der Waals surface area (Å²) in [4.78, 5) is 35.2. The number of nitrogens with zero attached hydrogens (tertiary/aromatic N) is 1. The monoisotopic (exact) mass is 242 g/mol. The number of methoxy groups -OCH3 is 1. The number of hydrogen-bond acceptors (Lipinski definition) is 5. The number of carbonyl (C=O) groups excluding carboxylic acids is 3. The molecule has 0 aromatic heterocycles. The van der Waals surface area contributed by atoms with E-state index in [0.29, 0.717) is 0 Å². The third kappa shape index (κ3) is 3.47. The van der Waals surface area contributed by atoms with E-state index < -0.39 is 24.0 Å². The van der Waals surface area contributed by atoms with Gasteiger partial charge in [0, 0.05) is 0 Å². The van der Waals surface area contributed by atoms with Crippen LogP contribution in [-0.4, -0.2) is 55.7 Å². The molecule has 0 unspecified atom stereocenters. The standard InChI is InChI=1S/C10H14N2O5/c1-3-4-17-10(15)12-5-7(9(14)16-2)11-8(13)6-12/h3,7H,1,4-6H2,2H3,(H,11,13)/t7-/m0/s1. The molecule has 1 N–H and O–H groups in total. The fourth-order valence-corrected chi connectivity index (χ4v) is 1.38. The number of hydrogen-bond donors (Lipinski definition) is 1. The minimum atomic E-state index is -0.850. The molecule has 17 heavy (non-hydrogen) atoms. The predicted octanol–water partition coefficient (Wildman–Crippen LogP) is -0.718. The number of rotatable bonds is 3. The lowest BCUT2D eigenvalue weighted by Crippen LogP contribution is -2.58. The van der Waals surface area contributed by atoms with Crippen molar-refractivity contribution in [3.8, 4) is 0 Å². The molecule has 1 fully saturated rings. The maximum absolute atomic E-state index is 11.5. The highest BCUT2D eigenvalue weighted by molar-refractivity contribution is 5.89. The molecule has 1 heterocycles. The number of carbonyl (C=O) groups is 3. The first-order chi connectivity index (χ1) is 8.08. The summed E-state index contributed by atoms with van der Waals surface area (Å²) in [7, 11) is 1.21. The highest BCUT2D eigenvalue weighted by Crippen LogP contribution is 2.04. The van der Waals surface area contributed by atoms with Gasteiger partial charge in [0.2, 0.25) is 5.91 Å². The molecule has 0 saturated carbocycles. The second-order valence-electron chi connectivity index (χ2n) is 3.39. The van der Waals surface area contributed by atoms with Crippen LogP contribution in [0.5, 0.6) is 0 Å². The minimum Gasteiger partial charge on any atom is -0.467 e. The molecule has 0 aromatic carbocycles. The van der Waals surface area contributed by atoms with Crippen molar-refractivity contribution in [1.29, 1.82) is 0 Å². The van der Waals surface area contributed by atoms with Gasteiger partial charge in [-0.3, -0.25) is 9.69 Å². The lowest BCUT2D eigenvalue weighted by molar-refractivity contribution is -0.147. The smallest absolute Gasteiger partial charge is 0.410 e. The lowest BCUT2D eigenvalue weighted by Gasteiger charge is -2.30. The van der Waals surface area contributed by atoms with E-state index in [1.807, 2.05) is 0 Å². The molecule has 1 rings (SSSR count). The Morgan fingerprint density at radius 1 is 1.65 bits per heavy atom. The van der Waals surface area contributed by atoms with Crippen LogP contribution < -0.4 is 5.32 Å². The first kappa shape index (κ1) is 13.0. The Bertz CT molecular complexity index is 342. The van der Waals surface area contributed by atoms with Crippen LogP contribution in [0.15, 0.2) is 12.7 Å². The van der Waals surface area contributed by atoms with Gasteiger partial charge < -0.3 is 14.8 Å². The van der Waals surface area contributed by atoms with Gasteiger partial charge in [0.05, 0.1) is 13.7 Å². The van der Waals surface area contributed by atoms with Gasteiger partial charge in [0.15, 0.2) is 0 Å². The number of ether oxygens (including phenoxy) is 2. The number of piperazine rings is 1. The molecule has 1 atom stereocenters. The van der Waals surface area contributed by atoms with Crippen LogP contribution in [0, 0.1) is 0 Å². The molecular weight excluding hydrogens is 228 g/mol. The quantitative estimate of drug-likeness (QED) is 0.521. The van der Waals surface area contributed by atoms with Crippen LogP contribution in [0.4, 0.5) is 4.79 Å². The van der Waals surface area contributed by atoms with Crippen molar-refractivity contribution in [2.45, 2.75) is 6.04 Å². The number of esters is 1. The number of nitrogens with one attached hydrogen (secondary N) is 1. The maximum Gasteiger partial charge on any atom is 0.410 e. The summed E-state index contributed by atoms with van der Waals surface area (Å²) < 4.78 is 9.28. The zero-order valence-corrected chi connectivity index (χ0v) is 9.47. The first-order valence-corrected chi connectivity index (χ1v) is 4.98. The molecule has 7 heteroatoms. The van der Waals surface area contributed by atoms with E-state index in [9.17, 15) is 14.4 Å². The third-order valence-corrected chi connectivity index (χ3v) is 2.14. The van der Waals surface area contributed by atoms with Gasteiger partial charge in [0.25, 0.3) is 0 Å². The average Bonchev–Trinajstić information content (AvgIpc) is 2.34. The van der Waals surface area contributed by atoms with Gasteiger partial charge in [-0.25, -0.2) is 9.59 Å². The fraction of sp³-hybridized carbons (Fsp3) is 0.500. The van der Waals surface area contributed by atoms with Crippen LogP contribution in [0.25, 0.3) is 0 Å². The third-order valence-electron chi connectivity index (χ3n) is 2.14. The van der Waals surface area contributed by atoms with Gasteiger partial charge in [-0.15, -0.1) is 0 Å². The zero-order valence-electron chi connectivity index (χ0n) is 9.47. The SMILES string of the molecule is C=CCOC(=O)N1CC(=O)N[C@H](C(=O)OC)C1. The van der Waals surface area contributed by atoms with Gasteiger partial charge in [-0.1, -0.05) is 12.7 Å². The van der Waals surface area contributed by atoms with E-state index >= 15 is 0 Å². The highest BCUT2D eigenvalue weighted by Gasteiger charge is 2.33. The Labute approximate surface area is 98.3 Å². The Kier molecular flexibility index (Phi) is 4.50. The molecule has 0 spiro atoms. The van der Waals surface area contributed by atoms with Crippen molar-refractivity contribution in [2.24, 2.45) is 0 Å². The van der Waals surface area contributed by atoms with Crippen molar-refractivity contribution in [3.63, 3.8) is 0 Å². The topological polar surface area (TPSA) is 84.9 Å². The van der Waals surface area contributed by atoms with Gasteiger partial charge >= 0.3 is 12.1 Å². The maximum atomic E-state index is 11.5. The van der Waals surface area contributed by atoms with Crippen molar-refractivity contribution in [1.82, 2.24) is 10.2 Å². The molecule has 0 radical (unpaired) electrons. The van der Waals surface area contributed by atoms with E-state index in [1.54, 1.807) is 0 Å². The minimum absolute atomic E-state index is 0.0361. The fourth-order valence-electron chi connectivity index (χ4n) is 1.38. The molecule has 2 amide bonds. The van der Waals surface area contributed by atoms with E-state index in [-0.39, 0.29) is 19.7 Å². The van der Waals surface area contributed by atoms with Gasteiger partial charge in [0.1, 0.15) is 19.2 Å². The summed E-state index contributed by atoms with van der Waals surface area (Å²) in [6, 6.07) is -0.850. The Morgan fingerprint density at radius 3 is 2.94 bits per heavy atom.